The average molecular weight is 258 g/mol. The van der Waals surface area contributed by atoms with Crippen LogP contribution in [0.25, 0.3) is 0 Å². The van der Waals surface area contributed by atoms with E-state index in [0.717, 1.165) is 11.6 Å². The maximum Gasteiger partial charge on any atom is 0.0441 e. The first-order chi connectivity index (χ1) is 7.63. The number of nitrogens with one attached hydrogen (secondary N) is 1. The molecule has 0 saturated heterocycles. The van der Waals surface area contributed by atoms with Crippen molar-refractivity contribution in [1.29, 1.82) is 0 Å². The normalized spacial score (nSPS) is 17.9. The van der Waals surface area contributed by atoms with Crippen molar-refractivity contribution >= 4 is 28.9 Å². The Labute approximate surface area is 107 Å². The molecule has 16 heavy (non-hydrogen) atoms. The van der Waals surface area contributed by atoms with Gasteiger partial charge in [-0.15, -0.1) is 0 Å². The van der Waals surface area contributed by atoms with Crippen molar-refractivity contribution in [2.45, 2.75) is 38.6 Å². The lowest BCUT2D eigenvalue weighted by Crippen LogP contribution is -2.23. The molecule has 1 aromatic carbocycles. The van der Waals surface area contributed by atoms with Crippen molar-refractivity contribution in [3.05, 3.63) is 28.2 Å². The fourth-order valence-corrected chi connectivity index (χ4v) is 2.74. The molecule has 88 valence electrons. The van der Waals surface area contributed by atoms with Crippen LogP contribution in [-0.2, 0) is 0 Å². The summed E-state index contributed by atoms with van der Waals surface area (Å²) in [6.45, 7) is 2.22. The highest BCUT2D eigenvalue weighted by Gasteiger charge is 2.19. The average Bonchev–Trinajstić information content (AvgIpc) is 2.09. The minimum atomic E-state index is 0.486. The van der Waals surface area contributed by atoms with E-state index in [0.29, 0.717) is 16.1 Å². The Hall–Kier alpha value is -0.400. The van der Waals surface area contributed by atoms with Crippen LogP contribution in [0.1, 0.15) is 32.6 Å². The first kappa shape index (κ1) is 12.1. The van der Waals surface area contributed by atoms with Gasteiger partial charge in [-0.2, -0.15) is 0 Å². The quantitative estimate of drug-likeness (QED) is 0.802. The summed E-state index contributed by atoms with van der Waals surface area (Å²) in [5.74, 6) is 0.914. The predicted octanol–water partition coefficient (Wildman–Crippen LogP) is 4.98. The Morgan fingerprint density at radius 2 is 1.88 bits per heavy atom. The third kappa shape index (κ3) is 3.29. The van der Waals surface area contributed by atoms with Crippen LogP contribution in [0.4, 0.5) is 5.69 Å². The number of anilines is 1. The van der Waals surface area contributed by atoms with Crippen LogP contribution in [0.5, 0.6) is 0 Å². The van der Waals surface area contributed by atoms with Crippen molar-refractivity contribution in [3.8, 4) is 0 Å². The van der Waals surface area contributed by atoms with Gasteiger partial charge in [-0.3, -0.25) is 0 Å². The van der Waals surface area contributed by atoms with Crippen LogP contribution in [0, 0.1) is 5.92 Å². The van der Waals surface area contributed by atoms with Crippen LogP contribution in [-0.4, -0.2) is 6.04 Å². The van der Waals surface area contributed by atoms with Crippen molar-refractivity contribution in [1.82, 2.24) is 0 Å². The Morgan fingerprint density at radius 3 is 2.38 bits per heavy atom. The molecule has 3 heteroatoms. The van der Waals surface area contributed by atoms with E-state index in [2.05, 4.69) is 12.2 Å². The first-order valence-corrected chi connectivity index (χ1v) is 6.61. The van der Waals surface area contributed by atoms with Crippen molar-refractivity contribution in [3.63, 3.8) is 0 Å². The number of hydrogen-bond donors (Lipinski definition) is 1. The molecule has 1 fully saturated rings. The topological polar surface area (TPSA) is 12.0 Å². The van der Waals surface area contributed by atoms with Crippen molar-refractivity contribution < 1.29 is 0 Å². The second kappa shape index (κ2) is 5.29. The van der Waals surface area contributed by atoms with Crippen LogP contribution >= 0.6 is 23.2 Å². The molecule has 0 radical (unpaired) electrons. The molecular formula is C13H17Cl2N. The minimum absolute atomic E-state index is 0.486. The summed E-state index contributed by atoms with van der Waals surface area (Å²) < 4.78 is 0. The Morgan fingerprint density at radius 1 is 1.25 bits per heavy atom. The zero-order valence-corrected chi connectivity index (χ0v) is 11.0. The summed E-state index contributed by atoms with van der Waals surface area (Å²) in [5, 5.41) is 4.83. The summed E-state index contributed by atoms with van der Waals surface area (Å²) in [6, 6.07) is 6.08. The molecule has 1 unspecified atom stereocenters. The second-order valence-corrected chi connectivity index (χ2v) is 5.61. The molecule has 0 heterocycles. The van der Waals surface area contributed by atoms with E-state index >= 15 is 0 Å². The smallest absolute Gasteiger partial charge is 0.0441 e. The molecule has 0 aromatic heterocycles. The van der Waals surface area contributed by atoms with Gasteiger partial charge in [0.05, 0.1) is 0 Å². The first-order valence-electron chi connectivity index (χ1n) is 5.86. The van der Waals surface area contributed by atoms with Crippen molar-refractivity contribution in [2.75, 3.05) is 5.32 Å². The summed E-state index contributed by atoms with van der Waals surface area (Å²) in [6.07, 6.45) is 5.43. The van der Waals surface area contributed by atoms with E-state index in [4.69, 9.17) is 23.2 Å². The molecule has 0 bridgehead atoms. The zero-order chi connectivity index (χ0) is 11.5. The van der Waals surface area contributed by atoms with E-state index in [1.54, 1.807) is 6.07 Å². The van der Waals surface area contributed by atoms with Gasteiger partial charge in [-0.1, -0.05) is 42.5 Å². The summed E-state index contributed by atoms with van der Waals surface area (Å²) in [4.78, 5) is 0. The SMILES string of the molecule is CC(CC1CCC1)Nc1cc(Cl)cc(Cl)c1. The number of hydrogen-bond acceptors (Lipinski definition) is 1. The van der Waals surface area contributed by atoms with Crippen LogP contribution in [0.3, 0.4) is 0 Å². The minimum Gasteiger partial charge on any atom is -0.382 e. The van der Waals surface area contributed by atoms with Crippen molar-refractivity contribution in [2.24, 2.45) is 5.92 Å². The predicted molar refractivity (Wildman–Crippen MR) is 71.5 cm³/mol. The van der Waals surface area contributed by atoms with E-state index < -0.39 is 0 Å². The van der Waals surface area contributed by atoms with E-state index in [9.17, 15) is 0 Å². The van der Waals surface area contributed by atoms with Gasteiger partial charge in [-0.25, -0.2) is 0 Å². The summed E-state index contributed by atoms with van der Waals surface area (Å²) >= 11 is 11.9. The Balaban J connectivity index is 1.91. The Kier molecular flexibility index (Phi) is 3.99. The van der Waals surface area contributed by atoms with Crippen LogP contribution < -0.4 is 5.32 Å². The Bertz CT molecular complexity index is 341. The van der Waals surface area contributed by atoms with Gasteiger partial charge >= 0.3 is 0 Å². The lowest BCUT2D eigenvalue weighted by Gasteiger charge is -2.29. The highest BCUT2D eigenvalue weighted by Crippen LogP contribution is 2.31. The van der Waals surface area contributed by atoms with E-state index in [1.165, 1.54) is 25.7 Å². The molecule has 2 rings (SSSR count). The van der Waals surface area contributed by atoms with Gasteiger partial charge < -0.3 is 5.32 Å². The molecule has 1 nitrogen and oxygen atoms in total. The van der Waals surface area contributed by atoms with Crippen LogP contribution in [0.15, 0.2) is 18.2 Å². The molecule has 0 spiro atoms. The monoisotopic (exact) mass is 257 g/mol. The van der Waals surface area contributed by atoms with Crippen LogP contribution in [0.2, 0.25) is 10.0 Å². The van der Waals surface area contributed by atoms with Gasteiger partial charge in [0.15, 0.2) is 0 Å². The highest BCUT2D eigenvalue weighted by atomic mass is 35.5. The van der Waals surface area contributed by atoms with Gasteiger partial charge in [-0.05, 0) is 37.5 Å². The lowest BCUT2D eigenvalue weighted by molar-refractivity contribution is 0.286. The van der Waals surface area contributed by atoms with Gasteiger partial charge in [0, 0.05) is 21.8 Å². The summed E-state index contributed by atoms with van der Waals surface area (Å²) in [7, 11) is 0. The fourth-order valence-electron chi connectivity index (χ4n) is 2.21. The summed E-state index contributed by atoms with van der Waals surface area (Å²) in [5.41, 5.74) is 1.02. The maximum absolute atomic E-state index is 5.95. The number of benzene rings is 1. The van der Waals surface area contributed by atoms with Gasteiger partial charge in [0.1, 0.15) is 0 Å². The molecule has 0 amide bonds. The van der Waals surface area contributed by atoms with E-state index in [1.807, 2.05) is 12.1 Å². The third-order valence-corrected chi connectivity index (χ3v) is 3.62. The van der Waals surface area contributed by atoms with Gasteiger partial charge in [0.25, 0.3) is 0 Å². The maximum atomic E-state index is 5.95. The molecule has 1 saturated carbocycles. The molecule has 1 aliphatic rings. The molecule has 1 aromatic rings. The largest absolute Gasteiger partial charge is 0.382 e. The molecule has 1 N–H and O–H groups in total. The molecular weight excluding hydrogens is 241 g/mol. The fraction of sp³-hybridized carbons (Fsp3) is 0.538. The molecule has 1 atom stereocenters. The standard InChI is InChI=1S/C13H17Cl2N/c1-9(5-10-3-2-4-10)16-13-7-11(14)6-12(15)8-13/h6-10,16H,2-5H2,1H3. The zero-order valence-electron chi connectivity index (χ0n) is 9.47. The number of rotatable bonds is 4. The third-order valence-electron chi connectivity index (χ3n) is 3.19. The molecule has 0 aliphatic heterocycles. The molecule has 1 aliphatic carbocycles. The second-order valence-electron chi connectivity index (χ2n) is 4.74. The number of halogens is 2. The van der Waals surface area contributed by atoms with E-state index in [-0.39, 0.29) is 0 Å². The highest BCUT2D eigenvalue weighted by molar-refractivity contribution is 6.35. The van der Waals surface area contributed by atoms with Gasteiger partial charge in [0.2, 0.25) is 0 Å². The lowest BCUT2D eigenvalue weighted by atomic mass is 9.81.